The van der Waals surface area contributed by atoms with E-state index >= 15 is 0 Å². The Bertz CT molecular complexity index is 838. The molecule has 2 aromatic rings. The van der Waals surface area contributed by atoms with E-state index in [9.17, 15) is 14.4 Å². The first-order valence-corrected chi connectivity index (χ1v) is 9.91. The van der Waals surface area contributed by atoms with Crippen molar-refractivity contribution in [2.75, 3.05) is 32.8 Å². The van der Waals surface area contributed by atoms with Crippen molar-refractivity contribution in [1.29, 1.82) is 0 Å². The maximum absolute atomic E-state index is 12.3. The highest BCUT2D eigenvalue weighted by Gasteiger charge is 2.25. The number of amides is 2. The maximum atomic E-state index is 12.3. The third-order valence-corrected chi connectivity index (χ3v) is 5.25. The molecule has 3 heterocycles. The Labute approximate surface area is 168 Å². The Hall–Kier alpha value is -2.39. The lowest BCUT2D eigenvalue weighted by molar-refractivity contribution is -0.148. The van der Waals surface area contributed by atoms with Crippen molar-refractivity contribution in [3.05, 3.63) is 51.0 Å². The molecule has 0 aliphatic carbocycles. The van der Waals surface area contributed by atoms with Crippen LogP contribution < -0.4 is 0 Å². The number of ether oxygens (including phenoxy) is 1. The Balaban J connectivity index is 1.41. The molecule has 0 atom stereocenters. The fraction of sp³-hybridized carbons (Fsp3) is 0.278. The van der Waals surface area contributed by atoms with Crippen molar-refractivity contribution in [1.82, 2.24) is 9.80 Å². The fourth-order valence-corrected chi connectivity index (χ4v) is 3.57. The number of thiophene rings is 1. The third-order valence-electron chi connectivity index (χ3n) is 3.97. The SMILES string of the molecule is O=C(/C=C/c1ccc(Br)o1)OCC(=O)N1CCN(C(=O)c2cccs2)CC1. The molecular formula is C18H17BrN2O5S. The van der Waals surface area contributed by atoms with Gasteiger partial charge in [-0.15, -0.1) is 11.3 Å². The van der Waals surface area contributed by atoms with Crippen molar-refractivity contribution < 1.29 is 23.5 Å². The summed E-state index contributed by atoms with van der Waals surface area (Å²) in [5.41, 5.74) is 0. The summed E-state index contributed by atoms with van der Waals surface area (Å²) < 4.78 is 10.8. The molecule has 0 radical (unpaired) electrons. The summed E-state index contributed by atoms with van der Waals surface area (Å²) in [5.74, 6) is -0.419. The summed E-state index contributed by atoms with van der Waals surface area (Å²) in [5, 5.41) is 1.86. The van der Waals surface area contributed by atoms with Crippen LogP contribution in [0.3, 0.4) is 0 Å². The highest BCUT2D eigenvalue weighted by Crippen LogP contribution is 2.15. The van der Waals surface area contributed by atoms with E-state index in [0.717, 1.165) is 0 Å². The van der Waals surface area contributed by atoms with Crippen LogP contribution in [0.4, 0.5) is 0 Å². The Kier molecular flexibility index (Phi) is 6.46. The molecule has 0 spiro atoms. The van der Waals surface area contributed by atoms with E-state index in [1.54, 1.807) is 28.0 Å². The minimum absolute atomic E-state index is 0.0155. The van der Waals surface area contributed by atoms with Crippen LogP contribution in [0.1, 0.15) is 15.4 Å². The van der Waals surface area contributed by atoms with Crippen LogP contribution >= 0.6 is 27.3 Å². The predicted molar refractivity (Wildman–Crippen MR) is 103 cm³/mol. The van der Waals surface area contributed by atoms with Crippen LogP contribution in [0, 0.1) is 0 Å². The van der Waals surface area contributed by atoms with Crippen molar-refractivity contribution in [2.45, 2.75) is 0 Å². The molecule has 0 unspecified atom stereocenters. The average molecular weight is 453 g/mol. The lowest BCUT2D eigenvalue weighted by Gasteiger charge is -2.34. The molecule has 1 fully saturated rings. The number of carbonyl (C=O) groups excluding carboxylic acids is 3. The quantitative estimate of drug-likeness (QED) is 0.514. The summed E-state index contributed by atoms with van der Waals surface area (Å²) >= 11 is 4.57. The largest absolute Gasteiger partial charge is 0.452 e. The van der Waals surface area contributed by atoms with Crippen molar-refractivity contribution in [2.24, 2.45) is 0 Å². The predicted octanol–water partition coefficient (Wildman–Crippen LogP) is 2.64. The van der Waals surface area contributed by atoms with E-state index in [1.807, 2.05) is 11.4 Å². The second-order valence-corrected chi connectivity index (χ2v) is 7.46. The van der Waals surface area contributed by atoms with Crippen molar-refractivity contribution in [3.8, 4) is 0 Å². The summed E-state index contributed by atoms with van der Waals surface area (Å²) in [6, 6.07) is 7.03. The standard InChI is InChI=1S/C18H17BrN2O5S/c19-15-5-3-13(26-15)4-6-17(23)25-12-16(22)20-7-9-21(10-8-20)18(24)14-2-1-11-27-14/h1-6,11H,7-10,12H2/b6-4+. The number of hydrogen-bond donors (Lipinski definition) is 0. The molecule has 0 N–H and O–H groups in total. The third kappa shape index (κ3) is 5.30. The second-order valence-electron chi connectivity index (χ2n) is 5.73. The first-order chi connectivity index (χ1) is 13.0. The molecule has 2 amide bonds. The molecule has 142 valence electrons. The molecule has 1 aliphatic heterocycles. The van der Waals surface area contributed by atoms with Gasteiger partial charge in [0, 0.05) is 32.3 Å². The fourth-order valence-electron chi connectivity index (χ4n) is 2.56. The van der Waals surface area contributed by atoms with E-state index in [4.69, 9.17) is 9.15 Å². The van der Waals surface area contributed by atoms with E-state index in [2.05, 4.69) is 15.9 Å². The zero-order chi connectivity index (χ0) is 19.2. The Morgan fingerprint density at radius 3 is 2.52 bits per heavy atom. The first-order valence-electron chi connectivity index (χ1n) is 8.23. The molecule has 0 aromatic carbocycles. The van der Waals surface area contributed by atoms with Crippen molar-refractivity contribution in [3.63, 3.8) is 0 Å². The smallest absolute Gasteiger partial charge is 0.331 e. The summed E-state index contributed by atoms with van der Waals surface area (Å²) in [6.07, 6.45) is 2.67. The topological polar surface area (TPSA) is 80.1 Å². The van der Waals surface area contributed by atoms with Crippen LogP contribution in [-0.4, -0.2) is 60.4 Å². The number of hydrogen-bond acceptors (Lipinski definition) is 6. The van der Waals surface area contributed by atoms with Gasteiger partial charge < -0.3 is 19.0 Å². The minimum atomic E-state index is -0.623. The summed E-state index contributed by atoms with van der Waals surface area (Å²) in [4.78, 5) is 40.2. The van der Waals surface area contributed by atoms with Crippen LogP contribution in [0.25, 0.3) is 6.08 Å². The van der Waals surface area contributed by atoms with E-state index in [-0.39, 0.29) is 18.4 Å². The van der Waals surface area contributed by atoms with Crippen molar-refractivity contribution >= 4 is 51.1 Å². The molecule has 1 saturated heterocycles. The van der Waals surface area contributed by atoms with E-state index in [0.29, 0.717) is 41.5 Å². The minimum Gasteiger partial charge on any atom is -0.452 e. The summed E-state index contributed by atoms with van der Waals surface area (Å²) in [7, 11) is 0. The van der Waals surface area contributed by atoms with Gasteiger partial charge in [0.15, 0.2) is 11.3 Å². The van der Waals surface area contributed by atoms with Gasteiger partial charge in [0.1, 0.15) is 5.76 Å². The number of carbonyl (C=O) groups is 3. The van der Waals surface area contributed by atoms with Gasteiger partial charge in [0.25, 0.3) is 11.8 Å². The van der Waals surface area contributed by atoms with E-state index in [1.165, 1.54) is 23.5 Å². The molecule has 2 aromatic heterocycles. The maximum Gasteiger partial charge on any atom is 0.331 e. The molecule has 0 bridgehead atoms. The Morgan fingerprint density at radius 2 is 1.89 bits per heavy atom. The normalized spacial score (nSPS) is 14.6. The van der Waals surface area contributed by atoms with Gasteiger partial charge in [-0.25, -0.2) is 4.79 Å². The lowest BCUT2D eigenvalue weighted by Crippen LogP contribution is -2.51. The number of furan rings is 1. The van der Waals surface area contributed by atoms with Gasteiger partial charge in [0.2, 0.25) is 0 Å². The van der Waals surface area contributed by atoms with Crippen LogP contribution in [0.5, 0.6) is 0 Å². The van der Waals surface area contributed by atoms with Crippen LogP contribution in [0.15, 0.2) is 44.8 Å². The molecule has 0 saturated carbocycles. The van der Waals surface area contributed by atoms with Gasteiger partial charge >= 0.3 is 5.97 Å². The molecule has 7 nitrogen and oxygen atoms in total. The number of piperazine rings is 1. The number of nitrogens with zero attached hydrogens (tertiary/aromatic N) is 2. The monoisotopic (exact) mass is 452 g/mol. The highest BCUT2D eigenvalue weighted by atomic mass is 79.9. The number of halogens is 1. The molecular weight excluding hydrogens is 436 g/mol. The summed E-state index contributed by atoms with van der Waals surface area (Å²) in [6.45, 7) is 1.44. The molecule has 3 rings (SSSR count). The highest BCUT2D eigenvalue weighted by molar-refractivity contribution is 9.10. The van der Waals surface area contributed by atoms with Gasteiger partial charge in [-0.1, -0.05) is 6.07 Å². The zero-order valence-corrected chi connectivity index (χ0v) is 16.7. The van der Waals surface area contributed by atoms with Gasteiger partial charge in [-0.3, -0.25) is 9.59 Å². The van der Waals surface area contributed by atoms with E-state index < -0.39 is 5.97 Å². The first kappa shape index (κ1) is 19.4. The second kappa shape index (κ2) is 9.01. The molecule has 1 aliphatic rings. The van der Waals surface area contributed by atoms with Crippen LogP contribution in [0.2, 0.25) is 0 Å². The number of esters is 1. The lowest BCUT2D eigenvalue weighted by atomic mass is 10.3. The van der Waals surface area contributed by atoms with Gasteiger partial charge in [-0.05, 0) is 45.6 Å². The number of rotatable bonds is 5. The molecule has 9 heteroatoms. The Morgan fingerprint density at radius 1 is 1.15 bits per heavy atom. The zero-order valence-electron chi connectivity index (χ0n) is 14.3. The average Bonchev–Trinajstić information content (AvgIpc) is 3.36. The van der Waals surface area contributed by atoms with Gasteiger partial charge in [0.05, 0.1) is 4.88 Å². The molecule has 27 heavy (non-hydrogen) atoms. The van der Waals surface area contributed by atoms with Gasteiger partial charge in [-0.2, -0.15) is 0 Å². The van der Waals surface area contributed by atoms with Crippen LogP contribution in [-0.2, 0) is 14.3 Å².